The molecule has 0 spiro atoms. The van der Waals surface area contributed by atoms with Gasteiger partial charge in [-0.25, -0.2) is 4.98 Å². The summed E-state index contributed by atoms with van der Waals surface area (Å²) in [5, 5.41) is 4.74. The summed E-state index contributed by atoms with van der Waals surface area (Å²) in [6, 6.07) is 0. The summed E-state index contributed by atoms with van der Waals surface area (Å²) in [7, 11) is 0. The number of rotatable bonds is 6. The Morgan fingerprint density at radius 3 is 2.56 bits per heavy atom. The van der Waals surface area contributed by atoms with Gasteiger partial charge < -0.3 is 5.32 Å². The first kappa shape index (κ1) is 13.9. The quantitative estimate of drug-likeness (QED) is 0.790. The number of nitrogens with zero attached hydrogens (tertiary/aromatic N) is 1. The highest BCUT2D eigenvalue weighted by Gasteiger charge is 2.20. The highest BCUT2D eigenvalue weighted by Crippen LogP contribution is 2.19. The van der Waals surface area contributed by atoms with Crippen molar-refractivity contribution in [2.45, 2.75) is 52.6 Å². The molecule has 1 N–H and O–H groups in total. The molecule has 0 saturated heterocycles. The second kappa shape index (κ2) is 5.99. The van der Waals surface area contributed by atoms with Crippen molar-refractivity contribution in [2.75, 3.05) is 5.88 Å². The van der Waals surface area contributed by atoms with Crippen LogP contribution in [0.4, 0.5) is 0 Å². The number of hydrogen-bond donors (Lipinski definition) is 1. The molecule has 1 heterocycles. The maximum Gasteiger partial charge on any atom is 0.107 e. The highest BCUT2D eigenvalue weighted by molar-refractivity contribution is 7.11. The Morgan fingerprint density at radius 2 is 2.12 bits per heavy atom. The SMILES string of the molecule is CCC(C)(CCCl)NCc1nc(C)c(C)s1. The molecule has 0 aliphatic rings. The second-order valence-electron chi connectivity index (χ2n) is 4.46. The Kier molecular flexibility index (Phi) is 5.22. The van der Waals surface area contributed by atoms with Crippen LogP contribution >= 0.6 is 22.9 Å². The number of hydrogen-bond acceptors (Lipinski definition) is 3. The van der Waals surface area contributed by atoms with Crippen LogP contribution < -0.4 is 5.32 Å². The largest absolute Gasteiger partial charge is 0.305 e. The topological polar surface area (TPSA) is 24.9 Å². The molecule has 1 atom stereocenters. The minimum atomic E-state index is 0.134. The van der Waals surface area contributed by atoms with Gasteiger partial charge in [-0.3, -0.25) is 0 Å². The average Bonchev–Trinajstić information content (AvgIpc) is 2.56. The number of aryl methyl sites for hydroxylation is 2. The fourth-order valence-corrected chi connectivity index (χ4v) is 2.79. The van der Waals surface area contributed by atoms with Gasteiger partial charge in [0.2, 0.25) is 0 Å². The molecule has 1 unspecified atom stereocenters. The van der Waals surface area contributed by atoms with Crippen molar-refractivity contribution >= 4 is 22.9 Å². The number of halogens is 1. The summed E-state index contributed by atoms with van der Waals surface area (Å²) in [4.78, 5) is 5.84. The number of alkyl halides is 1. The van der Waals surface area contributed by atoms with E-state index in [1.165, 1.54) is 9.88 Å². The van der Waals surface area contributed by atoms with Gasteiger partial charge in [-0.15, -0.1) is 22.9 Å². The average molecular weight is 261 g/mol. The Balaban J connectivity index is 2.55. The third-order valence-corrected chi connectivity index (χ3v) is 4.43. The molecule has 0 radical (unpaired) electrons. The van der Waals surface area contributed by atoms with Crippen molar-refractivity contribution in [1.29, 1.82) is 0 Å². The van der Waals surface area contributed by atoms with E-state index in [9.17, 15) is 0 Å². The lowest BCUT2D eigenvalue weighted by Crippen LogP contribution is -2.41. The van der Waals surface area contributed by atoms with Crippen LogP contribution in [0.3, 0.4) is 0 Å². The van der Waals surface area contributed by atoms with Crippen LogP contribution in [0.1, 0.15) is 42.3 Å². The fourth-order valence-electron chi connectivity index (χ4n) is 1.50. The summed E-state index contributed by atoms with van der Waals surface area (Å²) in [5.74, 6) is 0.702. The van der Waals surface area contributed by atoms with E-state index in [-0.39, 0.29) is 5.54 Å². The van der Waals surface area contributed by atoms with Crippen molar-refractivity contribution in [3.05, 3.63) is 15.6 Å². The van der Waals surface area contributed by atoms with E-state index in [0.29, 0.717) is 5.88 Å². The Hall–Kier alpha value is -0.120. The molecule has 1 aromatic rings. The molecule has 4 heteroatoms. The Bertz CT molecular complexity index is 318. The van der Waals surface area contributed by atoms with Gasteiger partial charge in [0.15, 0.2) is 0 Å². The summed E-state index contributed by atoms with van der Waals surface area (Å²) in [6.45, 7) is 9.45. The maximum absolute atomic E-state index is 5.82. The Morgan fingerprint density at radius 1 is 1.44 bits per heavy atom. The van der Waals surface area contributed by atoms with Crippen molar-refractivity contribution in [1.82, 2.24) is 10.3 Å². The lowest BCUT2D eigenvalue weighted by Gasteiger charge is -2.28. The molecule has 16 heavy (non-hydrogen) atoms. The van der Waals surface area contributed by atoms with E-state index in [1.807, 2.05) is 0 Å². The normalized spacial score (nSPS) is 15.1. The van der Waals surface area contributed by atoms with Crippen LogP contribution in [0.25, 0.3) is 0 Å². The van der Waals surface area contributed by atoms with Crippen molar-refractivity contribution in [2.24, 2.45) is 0 Å². The van der Waals surface area contributed by atoms with E-state index in [1.54, 1.807) is 11.3 Å². The van der Waals surface area contributed by atoms with Crippen LogP contribution in [0.5, 0.6) is 0 Å². The standard InChI is InChI=1S/C12H21ClN2S/c1-5-12(4,6-7-13)14-8-11-15-9(2)10(3)16-11/h14H,5-8H2,1-4H3. The minimum absolute atomic E-state index is 0.134. The van der Waals surface area contributed by atoms with Gasteiger partial charge in [0.25, 0.3) is 0 Å². The smallest absolute Gasteiger partial charge is 0.107 e. The molecule has 0 fully saturated rings. The summed E-state index contributed by atoms with van der Waals surface area (Å²) in [5.41, 5.74) is 1.28. The van der Waals surface area contributed by atoms with Crippen LogP contribution in [0.2, 0.25) is 0 Å². The third kappa shape index (κ3) is 3.72. The van der Waals surface area contributed by atoms with E-state index >= 15 is 0 Å². The van der Waals surface area contributed by atoms with Crippen LogP contribution in [-0.2, 0) is 6.54 Å². The zero-order valence-electron chi connectivity index (χ0n) is 10.6. The number of thiazole rings is 1. The van der Waals surface area contributed by atoms with Gasteiger partial charge in [-0.2, -0.15) is 0 Å². The predicted molar refractivity (Wildman–Crippen MR) is 72.5 cm³/mol. The highest BCUT2D eigenvalue weighted by atomic mass is 35.5. The molecular weight excluding hydrogens is 240 g/mol. The summed E-state index contributed by atoms with van der Waals surface area (Å²) < 4.78 is 0. The predicted octanol–water partition coefficient (Wildman–Crippen LogP) is 3.65. The van der Waals surface area contributed by atoms with Gasteiger partial charge in [-0.05, 0) is 33.6 Å². The third-order valence-electron chi connectivity index (χ3n) is 3.17. The molecule has 0 aliphatic carbocycles. The molecule has 0 aliphatic heterocycles. The number of aromatic nitrogens is 1. The van der Waals surface area contributed by atoms with E-state index in [2.05, 4.69) is 38.0 Å². The van der Waals surface area contributed by atoms with Gasteiger partial charge in [-0.1, -0.05) is 6.92 Å². The zero-order valence-corrected chi connectivity index (χ0v) is 12.1. The molecule has 0 amide bonds. The minimum Gasteiger partial charge on any atom is -0.305 e. The van der Waals surface area contributed by atoms with Crippen LogP contribution in [0, 0.1) is 13.8 Å². The van der Waals surface area contributed by atoms with Gasteiger partial charge in [0.05, 0.1) is 5.69 Å². The molecule has 0 aromatic carbocycles. The molecule has 0 bridgehead atoms. The van der Waals surface area contributed by atoms with Crippen LogP contribution in [-0.4, -0.2) is 16.4 Å². The molecule has 92 valence electrons. The van der Waals surface area contributed by atoms with E-state index < -0.39 is 0 Å². The summed E-state index contributed by atoms with van der Waals surface area (Å²) in [6.07, 6.45) is 2.08. The first-order chi connectivity index (χ1) is 7.50. The molecule has 2 nitrogen and oxygen atoms in total. The fraction of sp³-hybridized carbons (Fsp3) is 0.750. The molecule has 1 aromatic heterocycles. The lowest BCUT2D eigenvalue weighted by molar-refractivity contribution is 0.331. The molecule has 1 rings (SSSR count). The summed E-state index contributed by atoms with van der Waals surface area (Å²) >= 11 is 7.60. The molecule has 0 saturated carbocycles. The second-order valence-corrected chi connectivity index (χ2v) is 6.12. The van der Waals surface area contributed by atoms with Crippen LogP contribution in [0.15, 0.2) is 0 Å². The van der Waals surface area contributed by atoms with Gasteiger partial charge in [0.1, 0.15) is 5.01 Å². The number of nitrogens with one attached hydrogen (secondary N) is 1. The van der Waals surface area contributed by atoms with Gasteiger partial charge >= 0.3 is 0 Å². The van der Waals surface area contributed by atoms with Crippen molar-refractivity contribution < 1.29 is 0 Å². The van der Waals surface area contributed by atoms with E-state index in [0.717, 1.165) is 25.1 Å². The monoisotopic (exact) mass is 260 g/mol. The first-order valence-electron chi connectivity index (χ1n) is 5.74. The maximum atomic E-state index is 5.82. The van der Waals surface area contributed by atoms with Gasteiger partial charge in [0, 0.05) is 22.8 Å². The zero-order chi connectivity index (χ0) is 12.2. The molecular formula is C12H21ClN2S. The Labute approximate surface area is 107 Å². The van der Waals surface area contributed by atoms with E-state index in [4.69, 9.17) is 11.6 Å². The van der Waals surface area contributed by atoms with Crippen molar-refractivity contribution in [3.63, 3.8) is 0 Å². The van der Waals surface area contributed by atoms with Crippen molar-refractivity contribution in [3.8, 4) is 0 Å². The lowest BCUT2D eigenvalue weighted by atomic mass is 9.95. The first-order valence-corrected chi connectivity index (χ1v) is 7.10.